The molecule has 0 N–H and O–H groups in total. The second kappa shape index (κ2) is 5.04. The lowest BCUT2D eigenvalue weighted by Crippen LogP contribution is -1.96. The molecule has 0 unspecified atom stereocenters. The number of benzene rings is 1. The van der Waals surface area contributed by atoms with Gasteiger partial charge in [-0.1, -0.05) is 18.2 Å². The number of hydrogen-bond acceptors (Lipinski definition) is 3. The van der Waals surface area contributed by atoms with Gasteiger partial charge in [0.1, 0.15) is 5.75 Å². The number of para-hydroxylation sites is 1. The van der Waals surface area contributed by atoms with E-state index in [1.54, 1.807) is 0 Å². The van der Waals surface area contributed by atoms with Crippen molar-refractivity contribution in [2.24, 2.45) is 0 Å². The molecule has 60 valence electrons. The van der Waals surface area contributed by atoms with E-state index < -0.39 is 0 Å². The van der Waals surface area contributed by atoms with E-state index in [4.69, 9.17) is 8.92 Å². The van der Waals surface area contributed by atoms with E-state index in [9.17, 15) is 0 Å². The van der Waals surface area contributed by atoms with Crippen molar-refractivity contribution >= 4 is 12.0 Å². The molecule has 3 heteroatoms. The molecule has 0 saturated heterocycles. The smallest absolute Gasteiger partial charge is 0.201 e. The zero-order valence-corrected chi connectivity index (χ0v) is 7.14. The van der Waals surface area contributed by atoms with Crippen molar-refractivity contribution in [1.82, 2.24) is 0 Å². The van der Waals surface area contributed by atoms with Crippen LogP contribution in [-0.4, -0.2) is 13.0 Å². The molecular formula is C8H10O2S. The molecule has 0 bridgehead atoms. The molecule has 0 aliphatic heterocycles. The fourth-order valence-electron chi connectivity index (χ4n) is 0.657. The highest BCUT2D eigenvalue weighted by Crippen LogP contribution is 2.08. The predicted octanol–water partition coefficient (Wildman–Crippen LogP) is 2.32. The van der Waals surface area contributed by atoms with Crippen LogP contribution >= 0.6 is 12.0 Å². The van der Waals surface area contributed by atoms with Gasteiger partial charge in [0.15, 0.2) is 0 Å². The van der Waals surface area contributed by atoms with E-state index in [0.717, 1.165) is 5.75 Å². The lowest BCUT2D eigenvalue weighted by molar-refractivity contribution is 0.143. The summed E-state index contributed by atoms with van der Waals surface area (Å²) in [6.45, 7) is 0.297. The summed E-state index contributed by atoms with van der Waals surface area (Å²) in [5, 5.41) is 0. The highest BCUT2D eigenvalue weighted by molar-refractivity contribution is 7.93. The summed E-state index contributed by atoms with van der Waals surface area (Å²) >= 11 is 1.30. The monoisotopic (exact) mass is 170 g/mol. The molecule has 0 amide bonds. The van der Waals surface area contributed by atoms with Crippen molar-refractivity contribution in [1.29, 1.82) is 0 Å². The molecule has 0 atom stereocenters. The van der Waals surface area contributed by atoms with E-state index >= 15 is 0 Å². The zero-order valence-electron chi connectivity index (χ0n) is 6.32. The van der Waals surface area contributed by atoms with Crippen LogP contribution in [0.4, 0.5) is 0 Å². The first-order valence-electron chi connectivity index (χ1n) is 3.27. The Morgan fingerprint density at radius 1 is 1.27 bits per heavy atom. The van der Waals surface area contributed by atoms with Gasteiger partial charge in [-0.2, -0.15) is 0 Å². The van der Waals surface area contributed by atoms with Gasteiger partial charge in [0.25, 0.3) is 0 Å². The third-order valence-electron chi connectivity index (χ3n) is 1.13. The summed E-state index contributed by atoms with van der Waals surface area (Å²) in [4.78, 5) is 0. The minimum Gasteiger partial charge on any atom is -0.467 e. The first kappa shape index (κ1) is 8.43. The highest BCUT2D eigenvalue weighted by atomic mass is 32.2. The Hall–Kier alpha value is -0.670. The highest BCUT2D eigenvalue weighted by Gasteiger charge is 1.88. The average Bonchev–Trinajstić information content (AvgIpc) is 2.07. The van der Waals surface area contributed by atoms with Gasteiger partial charge in [0.2, 0.25) is 6.79 Å². The maximum atomic E-state index is 5.20. The van der Waals surface area contributed by atoms with Crippen molar-refractivity contribution in [3.8, 4) is 5.75 Å². The van der Waals surface area contributed by atoms with Gasteiger partial charge in [-0.25, -0.2) is 0 Å². The Balaban J connectivity index is 2.28. The van der Waals surface area contributed by atoms with Crippen molar-refractivity contribution in [3.63, 3.8) is 0 Å². The Kier molecular flexibility index (Phi) is 3.86. The maximum absolute atomic E-state index is 5.20. The minimum absolute atomic E-state index is 0.297. The van der Waals surface area contributed by atoms with E-state index in [1.165, 1.54) is 12.0 Å². The molecule has 0 aliphatic carbocycles. The van der Waals surface area contributed by atoms with Crippen molar-refractivity contribution < 1.29 is 8.92 Å². The van der Waals surface area contributed by atoms with Crippen LogP contribution in [0.2, 0.25) is 0 Å². The van der Waals surface area contributed by atoms with Gasteiger partial charge < -0.3 is 4.74 Å². The first-order chi connectivity index (χ1) is 5.43. The molecule has 0 radical (unpaired) electrons. The van der Waals surface area contributed by atoms with E-state index in [-0.39, 0.29) is 0 Å². The van der Waals surface area contributed by atoms with Crippen molar-refractivity contribution in [3.05, 3.63) is 30.3 Å². The zero-order chi connectivity index (χ0) is 7.94. The van der Waals surface area contributed by atoms with Crippen LogP contribution in [0, 0.1) is 0 Å². The van der Waals surface area contributed by atoms with E-state index in [0.29, 0.717) is 6.79 Å². The van der Waals surface area contributed by atoms with Crippen LogP contribution in [0.5, 0.6) is 5.75 Å². The second-order valence-electron chi connectivity index (χ2n) is 1.86. The second-order valence-corrected chi connectivity index (χ2v) is 2.43. The number of ether oxygens (including phenoxy) is 1. The van der Waals surface area contributed by atoms with Gasteiger partial charge in [-0.3, -0.25) is 4.18 Å². The molecular weight excluding hydrogens is 160 g/mol. The molecule has 1 rings (SSSR count). The summed E-state index contributed by atoms with van der Waals surface area (Å²) in [6, 6.07) is 9.58. The molecule has 2 nitrogen and oxygen atoms in total. The van der Waals surface area contributed by atoms with E-state index in [1.807, 2.05) is 36.6 Å². The van der Waals surface area contributed by atoms with Gasteiger partial charge >= 0.3 is 0 Å². The Bertz CT molecular complexity index is 189. The van der Waals surface area contributed by atoms with Crippen molar-refractivity contribution in [2.45, 2.75) is 0 Å². The number of hydrogen-bond donors (Lipinski definition) is 0. The Labute approximate surface area is 70.7 Å². The third kappa shape index (κ3) is 3.30. The van der Waals surface area contributed by atoms with Crippen molar-refractivity contribution in [2.75, 3.05) is 13.0 Å². The maximum Gasteiger partial charge on any atom is 0.201 e. The average molecular weight is 170 g/mol. The molecule has 0 fully saturated rings. The quantitative estimate of drug-likeness (QED) is 0.392. The van der Waals surface area contributed by atoms with Gasteiger partial charge in [-0.05, 0) is 24.2 Å². The van der Waals surface area contributed by atoms with Gasteiger partial charge in [0.05, 0.1) is 0 Å². The summed E-state index contributed by atoms with van der Waals surface area (Å²) in [5.41, 5.74) is 0. The molecule has 0 spiro atoms. The lowest BCUT2D eigenvalue weighted by Gasteiger charge is -2.03. The summed E-state index contributed by atoms with van der Waals surface area (Å²) < 4.78 is 10.1. The molecule has 11 heavy (non-hydrogen) atoms. The molecule has 0 aliphatic rings. The Morgan fingerprint density at radius 3 is 2.64 bits per heavy atom. The fourth-order valence-corrected chi connectivity index (χ4v) is 0.801. The fraction of sp³-hybridized carbons (Fsp3) is 0.250. The molecule has 0 aromatic heterocycles. The SMILES string of the molecule is CSOCOc1ccccc1. The molecule has 1 aromatic carbocycles. The summed E-state index contributed by atoms with van der Waals surface area (Å²) in [7, 11) is 0. The van der Waals surface area contributed by atoms with Crippen LogP contribution in [0.1, 0.15) is 0 Å². The van der Waals surface area contributed by atoms with Crippen LogP contribution in [0.3, 0.4) is 0 Å². The Morgan fingerprint density at radius 2 is 2.00 bits per heavy atom. The van der Waals surface area contributed by atoms with Crippen LogP contribution in [0.25, 0.3) is 0 Å². The van der Waals surface area contributed by atoms with Crippen LogP contribution in [0.15, 0.2) is 30.3 Å². The first-order valence-corrected chi connectivity index (χ1v) is 4.42. The summed E-state index contributed by atoms with van der Waals surface area (Å²) in [6.07, 6.45) is 1.86. The largest absolute Gasteiger partial charge is 0.467 e. The molecule has 1 aromatic rings. The summed E-state index contributed by atoms with van der Waals surface area (Å²) in [5.74, 6) is 0.835. The van der Waals surface area contributed by atoms with Crippen LogP contribution < -0.4 is 4.74 Å². The van der Waals surface area contributed by atoms with Gasteiger partial charge in [0, 0.05) is 6.26 Å². The standard InChI is InChI=1S/C8H10O2S/c1-11-10-7-9-8-5-3-2-4-6-8/h2-6H,7H2,1H3. The molecule has 0 heterocycles. The third-order valence-corrected chi connectivity index (χ3v) is 1.47. The topological polar surface area (TPSA) is 18.5 Å². The van der Waals surface area contributed by atoms with Crippen LogP contribution in [-0.2, 0) is 4.18 Å². The van der Waals surface area contributed by atoms with Gasteiger partial charge in [-0.15, -0.1) is 0 Å². The number of rotatable bonds is 4. The minimum atomic E-state index is 0.297. The normalized spacial score (nSPS) is 9.55. The lowest BCUT2D eigenvalue weighted by atomic mass is 10.3. The predicted molar refractivity (Wildman–Crippen MR) is 46.5 cm³/mol. The van der Waals surface area contributed by atoms with E-state index in [2.05, 4.69) is 0 Å². The molecule has 0 saturated carbocycles.